The molecule has 1 rings (SSSR count). The average molecular weight is 347 g/mol. The molecule has 0 heterocycles. The van der Waals surface area contributed by atoms with Crippen molar-refractivity contribution in [1.82, 2.24) is 0 Å². The molecule has 0 aliphatic heterocycles. The van der Waals surface area contributed by atoms with Crippen molar-refractivity contribution in [2.45, 2.75) is 32.7 Å². The van der Waals surface area contributed by atoms with E-state index in [4.69, 9.17) is 16.2 Å². The summed E-state index contributed by atoms with van der Waals surface area (Å²) in [6, 6.07) is 2.52. The molecule has 1 aromatic carbocycles. The summed E-state index contributed by atoms with van der Waals surface area (Å²) in [7, 11) is 1.47. The lowest BCUT2D eigenvalue weighted by Crippen LogP contribution is -2.27. The van der Waals surface area contributed by atoms with Crippen LogP contribution in [0.1, 0.15) is 38.3 Å². The van der Waals surface area contributed by atoms with E-state index in [9.17, 15) is 9.18 Å². The smallest absolute Gasteiger partial charge is 0.217 e. The summed E-state index contributed by atoms with van der Waals surface area (Å²) >= 11 is 3.14. The molecule has 0 spiro atoms. The second kappa shape index (κ2) is 6.54. The quantitative estimate of drug-likeness (QED) is 0.831. The number of ether oxygens (including phenoxy) is 1. The Bertz CT molecular complexity index is 506. The van der Waals surface area contributed by atoms with Gasteiger partial charge in [0.25, 0.3) is 0 Å². The molecule has 0 fully saturated rings. The maximum Gasteiger partial charge on any atom is 0.217 e. The standard InChI is InChI=1S/C14H20BrFN2O2/c1-14(2,7-13(18)19)6-11(17)8-4-9(15)10(16)5-12(8)20-3/h4-5,11H,6-7,17H2,1-3H3,(H2,18,19). The highest BCUT2D eigenvalue weighted by Gasteiger charge is 2.26. The lowest BCUT2D eigenvalue weighted by Gasteiger charge is -2.27. The maximum absolute atomic E-state index is 13.5. The van der Waals surface area contributed by atoms with Crippen LogP contribution in [-0.4, -0.2) is 13.0 Å². The van der Waals surface area contributed by atoms with Gasteiger partial charge >= 0.3 is 0 Å². The van der Waals surface area contributed by atoms with E-state index in [2.05, 4.69) is 15.9 Å². The molecule has 0 radical (unpaired) electrons. The fraction of sp³-hybridized carbons (Fsp3) is 0.500. The first-order valence-electron chi connectivity index (χ1n) is 6.23. The monoisotopic (exact) mass is 346 g/mol. The Morgan fingerprint density at radius 2 is 2.10 bits per heavy atom. The predicted molar refractivity (Wildman–Crippen MR) is 79.8 cm³/mol. The van der Waals surface area contributed by atoms with Gasteiger partial charge in [0.2, 0.25) is 5.91 Å². The number of primary amides is 1. The summed E-state index contributed by atoms with van der Waals surface area (Å²) in [5.41, 5.74) is 11.8. The maximum atomic E-state index is 13.5. The highest BCUT2D eigenvalue weighted by Crippen LogP contribution is 2.36. The van der Waals surface area contributed by atoms with E-state index in [1.54, 1.807) is 6.07 Å². The lowest BCUT2D eigenvalue weighted by molar-refractivity contribution is -0.120. The molecule has 0 bridgehead atoms. The zero-order chi connectivity index (χ0) is 15.5. The normalized spacial score (nSPS) is 13.1. The summed E-state index contributed by atoms with van der Waals surface area (Å²) in [4.78, 5) is 11.1. The van der Waals surface area contributed by atoms with Crippen molar-refractivity contribution >= 4 is 21.8 Å². The first-order chi connectivity index (χ1) is 9.16. The largest absolute Gasteiger partial charge is 0.496 e. The fourth-order valence-corrected chi connectivity index (χ4v) is 2.62. The van der Waals surface area contributed by atoms with Crippen molar-refractivity contribution in [1.29, 1.82) is 0 Å². The zero-order valence-corrected chi connectivity index (χ0v) is 13.5. The van der Waals surface area contributed by atoms with Crippen LogP contribution in [-0.2, 0) is 4.79 Å². The van der Waals surface area contributed by atoms with Crippen molar-refractivity contribution in [2.75, 3.05) is 7.11 Å². The van der Waals surface area contributed by atoms with Crippen LogP contribution in [0.2, 0.25) is 0 Å². The average Bonchev–Trinajstić information content (AvgIpc) is 2.29. The Hall–Kier alpha value is -1.14. The van der Waals surface area contributed by atoms with Gasteiger partial charge in [0.1, 0.15) is 11.6 Å². The van der Waals surface area contributed by atoms with Crippen molar-refractivity contribution in [3.05, 3.63) is 28.0 Å². The van der Waals surface area contributed by atoms with Crippen LogP contribution in [0.4, 0.5) is 4.39 Å². The first-order valence-corrected chi connectivity index (χ1v) is 7.02. The molecule has 1 unspecified atom stereocenters. The van der Waals surface area contributed by atoms with Gasteiger partial charge in [-0.15, -0.1) is 0 Å². The third-order valence-electron chi connectivity index (χ3n) is 3.10. The predicted octanol–water partition coefficient (Wildman–Crippen LogP) is 2.89. The molecule has 1 amide bonds. The minimum atomic E-state index is -0.408. The molecular weight excluding hydrogens is 327 g/mol. The summed E-state index contributed by atoms with van der Waals surface area (Å²) in [6.45, 7) is 3.84. The lowest BCUT2D eigenvalue weighted by atomic mass is 9.80. The summed E-state index contributed by atoms with van der Waals surface area (Å²) in [6.07, 6.45) is 0.774. The van der Waals surface area contributed by atoms with Crippen molar-refractivity contribution in [3.8, 4) is 5.75 Å². The topological polar surface area (TPSA) is 78.3 Å². The van der Waals surface area contributed by atoms with Crippen LogP contribution in [0.3, 0.4) is 0 Å². The van der Waals surface area contributed by atoms with Crippen molar-refractivity contribution in [3.63, 3.8) is 0 Å². The fourth-order valence-electron chi connectivity index (χ4n) is 2.26. The van der Waals surface area contributed by atoms with Crippen LogP contribution in [0.15, 0.2) is 16.6 Å². The molecule has 0 saturated carbocycles. The molecule has 4 N–H and O–H groups in total. The Labute approximate surface area is 126 Å². The highest BCUT2D eigenvalue weighted by molar-refractivity contribution is 9.10. The van der Waals surface area contributed by atoms with Crippen LogP contribution < -0.4 is 16.2 Å². The van der Waals surface area contributed by atoms with Gasteiger partial charge in [-0.2, -0.15) is 0 Å². The van der Waals surface area contributed by atoms with Gasteiger partial charge in [-0.25, -0.2) is 4.39 Å². The molecule has 20 heavy (non-hydrogen) atoms. The van der Waals surface area contributed by atoms with E-state index >= 15 is 0 Å². The molecular formula is C14H20BrFN2O2. The van der Waals surface area contributed by atoms with E-state index in [-0.39, 0.29) is 23.8 Å². The van der Waals surface area contributed by atoms with E-state index in [0.29, 0.717) is 22.2 Å². The molecule has 1 aromatic rings. The number of halogens is 2. The Balaban J connectivity index is 3.00. The summed E-state index contributed by atoms with van der Waals surface area (Å²) < 4.78 is 19.0. The number of benzene rings is 1. The van der Waals surface area contributed by atoms with Gasteiger partial charge in [-0.05, 0) is 33.8 Å². The summed E-state index contributed by atoms with van der Waals surface area (Å²) in [5.74, 6) is -0.378. The van der Waals surface area contributed by atoms with E-state index in [1.807, 2.05) is 13.8 Å². The van der Waals surface area contributed by atoms with Gasteiger partial charge < -0.3 is 16.2 Å². The van der Waals surface area contributed by atoms with E-state index in [0.717, 1.165) is 0 Å². The van der Waals surface area contributed by atoms with Crippen LogP contribution in [0.5, 0.6) is 5.75 Å². The third kappa shape index (κ3) is 4.45. The third-order valence-corrected chi connectivity index (χ3v) is 3.71. The molecule has 1 atom stereocenters. The minimum Gasteiger partial charge on any atom is -0.496 e. The number of amides is 1. The van der Waals surface area contributed by atoms with E-state index < -0.39 is 5.82 Å². The molecule has 112 valence electrons. The number of hydrogen-bond donors (Lipinski definition) is 2. The number of rotatable bonds is 6. The van der Waals surface area contributed by atoms with Crippen LogP contribution in [0.25, 0.3) is 0 Å². The number of methoxy groups -OCH3 is 1. The highest BCUT2D eigenvalue weighted by atomic mass is 79.9. The number of hydrogen-bond acceptors (Lipinski definition) is 3. The van der Waals surface area contributed by atoms with Crippen molar-refractivity contribution < 1.29 is 13.9 Å². The Morgan fingerprint density at radius 1 is 1.50 bits per heavy atom. The first kappa shape index (κ1) is 16.9. The molecule has 6 heteroatoms. The Kier molecular flexibility index (Phi) is 5.53. The molecule has 0 aliphatic carbocycles. The van der Waals surface area contributed by atoms with Crippen LogP contribution in [0, 0.1) is 11.2 Å². The molecule has 0 aromatic heterocycles. The number of carbonyl (C=O) groups excluding carboxylic acids is 1. The van der Waals surface area contributed by atoms with Crippen molar-refractivity contribution in [2.24, 2.45) is 16.9 Å². The summed E-state index contributed by atoms with van der Waals surface area (Å²) in [5, 5.41) is 0. The van der Waals surface area contributed by atoms with Gasteiger partial charge in [-0.3, -0.25) is 4.79 Å². The number of carbonyl (C=O) groups is 1. The Morgan fingerprint density at radius 3 is 2.60 bits per heavy atom. The van der Waals surface area contributed by atoms with E-state index in [1.165, 1.54) is 13.2 Å². The van der Waals surface area contributed by atoms with Gasteiger partial charge in [-0.1, -0.05) is 13.8 Å². The second-order valence-corrected chi connectivity index (χ2v) is 6.48. The number of nitrogens with two attached hydrogens (primary N) is 2. The second-order valence-electron chi connectivity index (χ2n) is 5.63. The molecule has 0 saturated heterocycles. The van der Waals surface area contributed by atoms with Crippen LogP contribution >= 0.6 is 15.9 Å². The molecule has 4 nitrogen and oxygen atoms in total. The minimum absolute atomic E-state index is 0.241. The van der Waals surface area contributed by atoms with Gasteiger partial charge in [0.05, 0.1) is 11.6 Å². The molecule has 0 aliphatic rings. The van der Waals surface area contributed by atoms with Gasteiger partial charge in [0.15, 0.2) is 0 Å². The zero-order valence-electron chi connectivity index (χ0n) is 11.9. The van der Waals surface area contributed by atoms with Gasteiger partial charge in [0, 0.05) is 24.1 Å². The SMILES string of the molecule is COc1cc(F)c(Br)cc1C(N)CC(C)(C)CC(N)=O.